The summed E-state index contributed by atoms with van der Waals surface area (Å²) in [5, 5.41) is 4.88. The van der Waals surface area contributed by atoms with Crippen LogP contribution in [0.1, 0.15) is 24.0 Å². The number of likely N-dealkylation sites (tertiary alicyclic amines) is 1. The molecule has 1 aliphatic rings. The Hall–Kier alpha value is -1.62. The lowest BCUT2D eigenvalue weighted by Crippen LogP contribution is -2.48. The van der Waals surface area contributed by atoms with Gasteiger partial charge in [-0.1, -0.05) is 48.0 Å². The second-order valence-electron chi connectivity index (χ2n) is 7.38. The molecule has 0 aliphatic carbocycles. The summed E-state index contributed by atoms with van der Waals surface area (Å²) >= 11 is 12.2. The predicted molar refractivity (Wildman–Crippen MR) is 120 cm³/mol. The van der Waals surface area contributed by atoms with Gasteiger partial charge >= 0.3 is 0 Å². The van der Waals surface area contributed by atoms with Crippen LogP contribution >= 0.6 is 23.8 Å². The molecule has 5 heteroatoms. The van der Waals surface area contributed by atoms with Crippen molar-refractivity contribution in [2.24, 2.45) is 0 Å². The van der Waals surface area contributed by atoms with Gasteiger partial charge in [-0.25, -0.2) is 0 Å². The van der Waals surface area contributed by atoms with Crippen LogP contribution in [0, 0.1) is 6.92 Å². The molecule has 2 aromatic rings. The van der Waals surface area contributed by atoms with Gasteiger partial charge in [0.15, 0.2) is 5.11 Å². The van der Waals surface area contributed by atoms with E-state index in [1.807, 2.05) is 19.1 Å². The third-order valence-electron chi connectivity index (χ3n) is 5.24. The summed E-state index contributed by atoms with van der Waals surface area (Å²) < 4.78 is 0. The fraction of sp³-hybridized carbons (Fsp3) is 0.409. The van der Waals surface area contributed by atoms with Gasteiger partial charge in [-0.2, -0.15) is 0 Å². The molecule has 1 saturated heterocycles. The Bertz CT molecular complexity index is 757. The SMILES string of the molecule is Cc1ccc(NC(=S)N(CCc2ccccc2)C2CCN(C)CC2)c(Cl)c1. The fourth-order valence-electron chi connectivity index (χ4n) is 3.56. The molecule has 0 bridgehead atoms. The van der Waals surface area contributed by atoms with Crippen LogP contribution < -0.4 is 5.32 Å². The molecule has 1 fully saturated rings. The molecule has 27 heavy (non-hydrogen) atoms. The molecule has 0 atom stereocenters. The Morgan fingerprint density at radius 1 is 1.19 bits per heavy atom. The average Bonchev–Trinajstić information content (AvgIpc) is 2.66. The van der Waals surface area contributed by atoms with Gasteiger partial charge in [0.2, 0.25) is 0 Å². The highest BCUT2D eigenvalue weighted by atomic mass is 35.5. The lowest BCUT2D eigenvalue weighted by atomic mass is 10.0. The van der Waals surface area contributed by atoms with Gasteiger partial charge < -0.3 is 15.1 Å². The molecule has 3 rings (SSSR count). The molecule has 144 valence electrons. The number of thiocarbonyl (C=S) groups is 1. The summed E-state index contributed by atoms with van der Waals surface area (Å²) in [4.78, 5) is 4.75. The number of nitrogens with zero attached hydrogens (tertiary/aromatic N) is 2. The molecule has 0 radical (unpaired) electrons. The van der Waals surface area contributed by atoms with Crippen LogP contribution in [0.15, 0.2) is 48.5 Å². The van der Waals surface area contributed by atoms with Crippen molar-refractivity contribution in [1.29, 1.82) is 0 Å². The second kappa shape index (κ2) is 9.54. The number of hydrogen-bond acceptors (Lipinski definition) is 2. The van der Waals surface area contributed by atoms with Gasteiger partial charge in [0.25, 0.3) is 0 Å². The Balaban J connectivity index is 1.72. The maximum absolute atomic E-state index is 6.41. The molecule has 1 aliphatic heterocycles. The minimum Gasteiger partial charge on any atom is -0.346 e. The number of benzene rings is 2. The second-order valence-corrected chi connectivity index (χ2v) is 8.17. The zero-order valence-electron chi connectivity index (χ0n) is 16.1. The first-order valence-electron chi connectivity index (χ1n) is 9.59. The van der Waals surface area contributed by atoms with E-state index in [1.165, 1.54) is 5.56 Å². The van der Waals surface area contributed by atoms with E-state index in [1.54, 1.807) is 0 Å². The summed E-state index contributed by atoms with van der Waals surface area (Å²) in [6.07, 6.45) is 3.25. The molecule has 1 heterocycles. The first kappa shape index (κ1) is 20.1. The van der Waals surface area contributed by atoms with E-state index in [2.05, 4.69) is 58.6 Å². The smallest absolute Gasteiger partial charge is 0.173 e. The maximum Gasteiger partial charge on any atom is 0.173 e. The number of nitrogens with one attached hydrogen (secondary N) is 1. The molecule has 1 N–H and O–H groups in total. The molecule has 0 spiro atoms. The number of rotatable bonds is 5. The maximum atomic E-state index is 6.41. The summed E-state index contributed by atoms with van der Waals surface area (Å²) in [5.41, 5.74) is 3.37. The number of hydrogen-bond donors (Lipinski definition) is 1. The van der Waals surface area contributed by atoms with Crippen LogP contribution in [0.3, 0.4) is 0 Å². The van der Waals surface area contributed by atoms with E-state index in [9.17, 15) is 0 Å². The van der Waals surface area contributed by atoms with E-state index in [0.717, 1.165) is 55.3 Å². The molecule has 0 unspecified atom stereocenters. The highest BCUT2D eigenvalue weighted by molar-refractivity contribution is 7.80. The summed E-state index contributed by atoms with van der Waals surface area (Å²) in [6, 6.07) is 17.1. The van der Waals surface area contributed by atoms with Crippen molar-refractivity contribution < 1.29 is 0 Å². The Kier molecular flexibility index (Phi) is 7.11. The van der Waals surface area contributed by atoms with Crippen molar-refractivity contribution in [3.63, 3.8) is 0 Å². The highest BCUT2D eigenvalue weighted by Crippen LogP contribution is 2.24. The van der Waals surface area contributed by atoms with E-state index in [4.69, 9.17) is 23.8 Å². The zero-order valence-corrected chi connectivity index (χ0v) is 17.7. The number of piperidine rings is 1. The Labute approximate surface area is 173 Å². The minimum atomic E-state index is 0.467. The summed E-state index contributed by atoms with van der Waals surface area (Å²) in [5.74, 6) is 0. The summed E-state index contributed by atoms with van der Waals surface area (Å²) in [6.45, 7) is 5.17. The first-order chi connectivity index (χ1) is 13.0. The molecular formula is C22H28ClN3S. The van der Waals surface area contributed by atoms with Crippen LogP contribution in [0.4, 0.5) is 5.69 Å². The van der Waals surface area contributed by atoms with Crippen LogP contribution in [0.25, 0.3) is 0 Å². The molecule has 3 nitrogen and oxygen atoms in total. The Morgan fingerprint density at radius 2 is 1.89 bits per heavy atom. The number of anilines is 1. The van der Waals surface area contributed by atoms with Gasteiger partial charge in [-0.3, -0.25) is 0 Å². The molecule has 0 saturated carbocycles. The third kappa shape index (κ3) is 5.68. The number of aryl methyl sites for hydroxylation is 1. The van der Waals surface area contributed by atoms with Crippen molar-refractivity contribution in [3.8, 4) is 0 Å². The standard InChI is InChI=1S/C22H28ClN3S/c1-17-8-9-21(20(23)16-17)24-22(27)26(19-11-13-25(2)14-12-19)15-10-18-6-4-3-5-7-18/h3-9,16,19H,10-15H2,1-2H3,(H,24,27). The highest BCUT2D eigenvalue weighted by Gasteiger charge is 2.25. The fourth-order valence-corrected chi connectivity index (χ4v) is 4.19. The van der Waals surface area contributed by atoms with Crippen LogP contribution in [0.5, 0.6) is 0 Å². The van der Waals surface area contributed by atoms with E-state index in [0.29, 0.717) is 11.1 Å². The van der Waals surface area contributed by atoms with Gasteiger partial charge in [0, 0.05) is 12.6 Å². The lowest BCUT2D eigenvalue weighted by Gasteiger charge is -2.39. The molecule has 0 aromatic heterocycles. The van der Waals surface area contributed by atoms with Crippen LogP contribution in [0.2, 0.25) is 5.02 Å². The largest absolute Gasteiger partial charge is 0.346 e. The van der Waals surface area contributed by atoms with Crippen LogP contribution in [-0.2, 0) is 6.42 Å². The first-order valence-corrected chi connectivity index (χ1v) is 10.4. The van der Waals surface area contributed by atoms with Crippen molar-refractivity contribution in [2.45, 2.75) is 32.2 Å². The topological polar surface area (TPSA) is 18.5 Å². The monoisotopic (exact) mass is 401 g/mol. The van der Waals surface area contributed by atoms with Gasteiger partial charge in [-0.05, 0) is 81.8 Å². The van der Waals surface area contributed by atoms with Crippen molar-refractivity contribution >= 4 is 34.6 Å². The normalized spacial score (nSPS) is 15.5. The molecule has 0 amide bonds. The third-order valence-corrected chi connectivity index (χ3v) is 5.89. The summed E-state index contributed by atoms with van der Waals surface area (Å²) in [7, 11) is 2.19. The van der Waals surface area contributed by atoms with E-state index >= 15 is 0 Å². The minimum absolute atomic E-state index is 0.467. The van der Waals surface area contributed by atoms with Gasteiger partial charge in [0.1, 0.15) is 0 Å². The van der Waals surface area contributed by atoms with Crippen molar-refractivity contribution in [1.82, 2.24) is 9.80 Å². The van der Waals surface area contributed by atoms with E-state index < -0.39 is 0 Å². The number of halogens is 1. The van der Waals surface area contributed by atoms with Crippen molar-refractivity contribution in [2.75, 3.05) is 32.0 Å². The zero-order chi connectivity index (χ0) is 19.2. The van der Waals surface area contributed by atoms with Crippen LogP contribution in [-0.4, -0.2) is 47.6 Å². The molecular weight excluding hydrogens is 374 g/mol. The Morgan fingerprint density at radius 3 is 2.56 bits per heavy atom. The van der Waals surface area contributed by atoms with Crippen molar-refractivity contribution in [3.05, 3.63) is 64.7 Å². The van der Waals surface area contributed by atoms with E-state index in [-0.39, 0.29) is 0 Å². The predicted octanol–water partition coefficient (Wildman–Crippen LogP) is 4.98. The van der Waals surface area contributed by atoms with Gasteiger partial charge in [0.05, 0.1) is 10.7 Å². The lowest BCUT2D eigenvalue weighted by molar-refractivity contribution is 0.178. The molecule has 2 aromatic carbocycles. The van der Waals surface area contributed by atoms with Gasteiger partial charge in [-0.15, -0.1) is 0 Å². The average molecular weight is 402 g/mol. The quantitative estimate of drug-likeness (QED) is 0.711.